The molecule has 1 saturated heterocycles. The predicted molar refractivity (Wildman–Crippen MR) is 100 cm³/mol. The first-order valence-corrected chi connectivity index (χ1v) is 10.0. The summed E-state index contributed by atoms with van der Waals surface area (Å²) in [6.45, 7) is 3.95. The molecular formula is C17H23N7OS. The number of thioether (sulfide) groups is 1. The number of carbonyl (C=O) groups excluding carboxylic acids is 1. The first-order valence-electron chi connectivity index (χ1n) is 9.17. The maximum Gasteiger partial charge on any atom is 0.240 e. The van der Waals surface area contributed by atoms with E-state index in [1.165, 1.54) is 31.0 Å². The van der Waals surface area contributed by atoms with Gasteiger partial charge < -0.3 is 4.90 Å². The van der Waals surface area contributed by atoms with Crippen molar-refractivity contribution < 1.29 is 4.79 Å². The third-order valence-electron chi connectivity index (χ3n) is 4.65. The highest BCUT2D eigenvalue weighted by molar-refractivity contribution is 8.00. The van der Waals surface area contributed by atoms with Gasteiger partial charge in [-0.1, -0.05) is 11.8 Å². The molecular weight excluding hydrogens is 350 g/mol. The molecule has 0 spiro atoms. The molecule has 1 aliphatic heterocycles. The highest BCUT2D eigenvalue weighted by Crippen LogP contribution is 2.42. The number of nitrogens with zero attached hydrogens (tertiary/aromatic N) is 6. The Hall–Kier alpha value is -2.16. The molecule has 0 radical (unpaired) electrons. The van der Waals surface area contributed by atoms with Crippen molar-refractivity contribution in [3.8, 4) is 0 Å². The number of anilines is 2. The zero-order chi connectivity index (χ0) is 17.9. The first kappa shape index (κ1) is 17.3. The summed E-state index contributed by atoms with van der Waals surface area (Å²) < 4.78 is 2.23. The van der Waals surface area contributed by atoms with Crippen molar-refractivity contribution in [2.75, 3.05) is 23.3 Å². The lowest BCUT2D eigenvalue weighted by molar-refractivity contribution is -0.115. The van der Waals surface area contributed by atoms with E-state index in [2.05, 4.69) is 34.9 Å². The van der Waals surface area contributed by atoms with Crippen LogP contribution in [0.5, 0.6) is 0 Å². The molecule has 4 rings (SSSR count). The molecule has 1 aliphatic carbocycles. The summed E-state index contributed by atoms with van der Waals surface area (Å²) in [7, 11) is 0. The van der Waals surface area contributed by atoms with Gasteiger partial charge in [-0.25, -0.2) is 9.97 Å². The number of amides is 1. The fourth-order valence-electron chi connectivity index (χ4n) is 3.10. The smallest absolute Gasteiger partial charge is 0.240 e. The van der Waals surface area contributed by atoms with Crippen LogP contribution in [0.3, 0.4) is 0 Å². The van der Waals surface area contributed by atoms with Crippen LogP contribution in [0.1, 0.15) is 45.1 Å². The summed E-state index contributed by atoms with van der Waals surface area (Å²) in [6, 6.07) is 2.19. The normalized spacial score (nSPS) is 18.6. The Morgan fingerprint density at radius 2 is 1.92 bits per heavy atom. The Bertz CT molecular complexity index is 756. The monoisotopic (exact) mass is 373 g/mol. The van der Waals surface area contributed by atoms with Crippen LogP contribution in [0.25, 0.3) is 0 Å². The lowest BCUT2D eigenvalue weighted by Crippen LogP contribution is -2.32. The van der Waals surface area contributed by atoms with Crippen molar-refractivity contribution in [3.05, 3.63) is 18.5 Å². The van der Waals surface area contributed by atoms with Gasteiger partial charge in [0.1, 0.15) is 0 Å². The van der Waals surface area contributed by atoms with Crippen molar-refractivity contribution in [1.82, 2.24) is 24.7 Å². The second-order valence-electron chi connectivity index (χ2n) is 6.75. The molecule has 2 aromatic rings. The van der Waals surface area contributed by atoms with E-state index < -0.39 is 0 Å². The predicted octanol–water partition coefficient (Wildman–Crippen LogP) is 2.51. The van der Waals surface area contributed by atoms with Gasteiger partial charge in [-0.15, -0.1) is 10.2 Å². The van der Waals surface area contributed by atoms with Crippen molar-refractivity contribution in [1.29, 1.82) is 0 Å². The van der Waals surface area contributed by atoms with Crippen LogP contribution in [-0.2, 0) is 4.79 Å². The molecule has 26 heavy (non-hydrogen) atoms. The molecule has 1 N–H and O–H groups in total. The summed E-state index contributed by atoms with van der Waals surface area (Å²) in [5.41, 5.74) is 0. The summed E-state index contributed by atoms with van der Waals surface area (Å²) in [6.07, 6.45) is 9.22. The highest BCUT2D eigenvalue weighted by atomic mass is 32.2. The van der Waals surface area contributed by atoms with Gasteiger partial charge in [0.15, 0.2) is 5.16 Å². The van der Waals surface area contributed by atoms with E-state index in [9.17, 15) is 4.79 Å². The minimum atomic E-state index is -0.310. The van der Waals surface area contributed by atoms with E-state index in [0.717, 1.165) is 37.0 Å². The molecule has 0 aromatic carbocycles. The fraction of sp³-hybridized carbons (Fsp3) is 0.588. The van der Waals surface area contributed by atoms with E-state index >= 15 is 0 Å². The second kappa shape index (κ2) is 7.61. The van der Waals surface area contributed by atoms with E-state index in [1.54, 1.807) is 18.5 Å². The molecule has 1 atom stereocenters. The summed E-state index contributed by atoms with van der Waals surface area (Å²) in [4.78, 5) is 22.9. The molecule has 2 aliphatic rings. The number of nitrogens with one attached hydrogen (secondary N) is 1. The highest BCUT2D eigenvalue weighted by Gasteiger charge is 2.33. The number of hydrogen-bond donors (Lipinski definition) is 1. The molecule has 9 heteroatoms. The maximum absolute atomic E-state index is 12.4. The van der Waals surface area contributed by atoms with Crippen LogP contribution < -0.4 is 10.2 Å². The van der Waals surface area contributed by atoms with Gasteiger partial charge in [0.05, 0.1) is 5.25 Å². The van der Waals surface area contributed by atoms with Crippen LogP contribution in [0.4, 0.5) is 11.9 Å². The van der Waals surface area contributed by atoms with Gasteiger partial charge in [0.2, 0.25) is 17.8 Å². The van der Waals surface area contributed by atoms with E-state index in [1.807, 2.05) is 6.92 Å². The van der Waals surface area contributed by atoms with Gasteiger partial charge in [-0.3, -0.25) is 14.7 Å². The van der Waals surface area contributed by atoms with E-state index in [0.29, 0.717) is 12.0 Å². The van der Waals surface area contributed by atoms with Crippen LogP contribution in [0.2, 0.25) is 0 Å². The molecule has 0 bridgehead atoms. The van der Waals surface area contributed by atoms with Crippen LogP contribution >= 0.6 is 11.8 Å². The van der Waals surface area contributed by atoms with E-state index in [-0.39, 0.29) is 11.2 Å². The number of hydrogen-bond acceptors (Lipinski definition) is 7. The van der Waals surface area contributed by atoms with Gasteiger partial charge in [0, 0.05) is 31.5 Å². The topological polar surface area (TPSA) is 88.8 Å². The minimum absolute atomic E-state index is 0.133. The van der Waals surface area contributed by atoms with Gasteiger partial charge in [-0.05, 0) is 45.1 Å². The van der Waals surface area contributed by atoms with Crippen molar-refractivity contribution >= 4 is 29.6 Å². The fourth-order valence-corrected chi connectivity index (χ4v) is 4.01. The maximum atomic E-state index is 12.4. The number of rotatable bonds is 6. The first-order chi connectivity index (χ1) is 12.7. The molecule has 1 amide bonds. The Labute approximate surface area is 156 Å². The lowest BCUT2D eigenvalue weighted by atomic mass is 10.1. The Morgan fingerprint density at radius 1 is 1.19 bits per heavy atom. The summed E-state index contributed by atoms with van der Waals surface area (Å²) in [5, 5.41) is 12.1. The zero-order valence-electron chi connectivity index (χ0n) is 14.8. The molecule has 2 aromatic heterocycles. The average Bonchev–Trinajstić information content (AvgIpc) is 3.43. The number of aromatic nitrogens is 5. The standard InChI is InChI=1S/C17H23N7OS/c1-12(14(25)20-15-18-8-5-9-19-15)26-17-22-21-16(24(17)13-6-7-13)23-10-3-2-4-11-23/h5,8-9,12-13H,2-4,6-7,10-11H2,1H3,(H,18,19,20,25). The third-order valence-corrected chi connectivity index (χ3v) is 5.71. The second-order valence-corrected chi connectivity index (χ2v) is 8.06. The molecule has 1 unspecified atom stereocenters. The number of carbonyl (C=O) groups is 1. The third kappa shape index (κ3) is 3.82. The average molecular weight is 373 g/mol. The number of piperidine rings is 1. The summed E-state index contributed by atoms with van der Waals surface area (Å²) >= 11 is 1.45. The summed E-state index contributed by atoms with van der Waals surface area (Å²) in [5.74, 6) is 1.15. The SMILES string of the molecule is CC(Sc1nnc(N2CCCCC2)n1C1CC1)C(=O)Nc1ncccn1. The van der Waals surface area contributed by atoms with Gasteiger partial charge >= 0.3 is 0 Å². The zero-order valence-corrected chi connectivity index (χ0v) is 15.7. The minimum Gasteiger partial charge on any atom is -0.341 e. The quantitative estimate of drug-likeness (QED) is 0.778. The van der Waals surface area contributed by atoms with Crippen molar-refractivity contribution in [2.24, 2.45) is 0 Å². The molecule has 8 nitrogen and oxygen atoms in total. The van der Waals surface area contributed by atoms with Crippen LogP contribution in [0.15, 0.2) is 23.6 Å². The van der Waals surface area contributed by atoms with Crippen LogP contribution in [0, 0.1) is 0 Å². The molecule has 1 saturated carbocycles. The Kier molecular flexibility index (Phi) is 5.05. The van der Waals surface area contributed by atoms with Crippen molar-refractivity contribution in [3.63, 3.8) is 0 Å². The van der Waals surface area contributed by atoms with Gasteiger partial charge in [0.25, 0.3) is 0 Å². The van der Waals surface area contributed by atoms with Gasteiger partial charge in [-0.2, -0.15) is 0 Å². The molecule has 3 heterocycles. The largest absolute Gasteiger partial charge is 0.341 e. The Balaban J connectivity index is 1.47. The molecule has 2 fully saturated rings. The molecule has 138 valence electrons. The van der Waals surface area contributed by atoms with Crippen LogP contribution in [-0.4, -0.2) is 49.0 Å². The Morgan fingerprint density at radius 3 is 2.62 bits per heavy atom. The van der Waals surface area contributed by atoms with E-state index in [4.69, 9.17) is 0 Å². The van der Waals surface area contributed by atoms with Crippen molar-refractivity contribution in [2.45, 2.75) is 55.5 Å². The lowest BCUT2D eigenvalue weighted by Gasteiger charge is -2.28.